The number of carboxylic acids is 1. The van der Waals surface area contributed by atoms with Crippen LogP contribution < -0.4 is 0 Å². The van der Waals surface area contributed by atoms with Crippen LogP contribution in [0.1, 0.15) is 36.0 Å². The highest BCUT2D eigenvalue weighted by Gasteiger charge is 2.46. The zero-order chi connectivity index (χ0) is 17.2. The molecule has 1 unspecified atom stereocenters. The van der Waals surface area contributed by atoms with Gasteiger partial charge in [0.05, 0.1) is 13.0 Å². The number of rotatable bonds is 5. The average Bonchev–Trinajstić information content (AvgIpc) is 3.01. The van der Waals surface area contributed by atoms with Crippen molar-refractivity contribution in [3.05, 3.63) is 34.9 Å². The average molecular weight is 331 g/mol. The quantitative estimate of drug-likeness (QED) is 0.897. The molecule has 3 rings (SSSR count). The van der Waals surface area contributed by atoms with E-state index in [1.165, 1.54) is 31.1 Å². The highest BCUT2D eigenvalue weighted by Crippen LogP contribution is 2.32. The predicted molar refractivity (Wildman–Crippen MR) is 89.9 cm³/mol. The number of fused-ring (bicyclic) bond motifs is 1. The van der Waals surface area contributed by atoms with Crippen LogP contribution in [-0.2, 0) is 33.6 Å². The summed E-state index contributed by atoms with van der Waals surface area (Å²) in [7, 11) is 1.50. The van der Waals surface area contributed by atoms with E-state index < -0.39 is 11.4 Å². The fourth-order valence-electron chi connectivity index (χ4n) is 3.90. The molecule has 1 aromatic rings. The molecule has 24 heavy (non-hydrogen) atoms. The SMILES string of the molecule is COCC1(C(=O)O)CCN(C(=O)Cc2ccc3c(c2)CCCC3)C1. The van der Waals surface area contributed by atoms with Gasteiger partial charge in [0.15, 0.2) is 0 Å². The Morgan fingerprint density at radius 3 is 2.71 bits per heavy atom. The largest absolute Gasteiger partial charge is 0.481 e. The van der Waals surface area contributed by atoms with Crippen molar-refractivity contribution in [3.63, 3.8) is 0 Å². The minimum Gasteiger partial charge on any atom is -0.481 e. The Hall–Kier alpha value is -1.88. The number of likely N-dealkylation sites (tertiary alicyclic amines) is 1. The number of carboxylic acid groups (broad SMARTS) is 1. The number of benzene rings is 1. The fraction of sp³-hybridized carbons (Fsp3) is 0.579. The van der Waals surface area contributed by atoms with Gasteiger partial charge in [-0.1, -0.05) is 18.2 Å². The minimum absolute atomic E-state index is 0.00462. The first-order chi connectivity index (χ1) is 11.5. The van der Waals surface area contributed by atoms with Gasteiger partial charge in [0.2, 0.25) is 5.91 Å². The van der Waals surface area contributed by atoms with E-state index in [0.717, 1.165) is 18.4 Å². The number of ether oxygens (including phenoxy) is 1. The molecule has 1 N–H and O–H groups in total. The van der Waals surface area contributed by atoms with Gasteiger partial charge < -0.3 is 14.7 Å². The molecule has 5 heteroatoms. The van der Waals surface area contributed by atoms with Crippen molar-refractivity contribution < 1.29 is 19.4 Å². The number of carbonyl (C=O) groups excluding carboxylic acids is 1. The van der Waals surface area contributed by atoms with Crippen molar-refractivity contribution in [2.45, 2.75) is 38.5 Å². The van der Waals surface area contributed by atoms with Gasteiger partial charge >= 0.3 is 5.97 Å². The first-order valence-corrected chi connectivity index (χ1v) is 8.65. The number of aryl methyl sites for hydroxylation is 2. The van der Waals surface area contributed by atoms with E-state index in [1.807, 2.05) is 6.07 Å². The van der Waals surface area contributed by atoms with Crippen molar-refractivity contribution in [2.24, 2.45) is 5.41 Å². The summed E-state index contributed by atoms with van der Waals surface area (Å²) in [5.74, 6) is -0.876. The fourth-order valence-corrected chi connectivity index (χ4v) is 3.90. The van der Waals surface area contributed by atoms with Crippen LogP contribution in [0.15, 0.2) is 18.2 Å². The third-order valence-electron chi connectivity index (χ3n) is 5.35. The Morgan fingerprint density at radius 1 is 1.25 bits per heavy atom. The molecule has 0 bridgehead atoms. The number of methoxy groups -OCH3 is 1. The third kappa shape index (κ3) is 3.31. The molecule has 130 valence electrons. The Balaban J connectivity index is 1.66. The summed E-state index contributed by atoms with van der Waals surface area (Å²) >= 11 is 0. The maximum atomic E-state index is 12.6. The van der Waals surface area contributed by atoms with Crippen molar-refractivity contribution in [2.75, 3.05) is 26.8 Å². The summed E-state index contributed by atoms with van der Waals surface area (Å²) in [6.45, 7) is 0.865. The summed E-state index contributed by atoms with van der Waals surface area (Å²) in [6.07, 6.45) is 5.48. The topological polar surface area (TPSA) is 66.8 Å². The number of aliphatic carboxylic acids is 1. The summed E-state index contributed by atoms with van der Waals surface area (Å²) in [5.41, 5.74) is 2.84. The van der Waals surface area contributed by atoms with Gasteiger partial charge in [-0.25, -0.2) is 0 Å². The van der Waals surface area contributed by atoms with Crippen LogP contribution in [0.5, 0.6) is 0 Å². The Morgan fingerprint density at radius 2 is 2.00 bits per heavy atom. The first-order valence-electron chi connectivity index (χ1n) is 8.65. The lowest BCUT2D eigenvalue weighted by Crippen LogP contribution is -2.40. The van der Waals surface area contributed by atoms with Crippen LogP contribution >= 0.6 is 0 Å². The molecule has 0 aromatic heterocycles. The predicted octanol–water partition coefficient (Wildman–Crippen LogP) is 2.06. The lowest BCUT2D eigenvalue weighted by atomic mass is 9.88. The van der Waals surface area contributed by atoms with E-state index in [0.29, 0.717) is 19.4 Å². The van der Waals surface area contributed by atoms with Crippen molar-refractivity contribution in [1.29, 1.82) is 0 Å². The van der Waals surface area contributed by atoms with Gasteiger partial charge in [-0.15, -0.1) is 0 Å². The minimum atomic E-state index is -0.958. The van der Waals surface area contributed by atoms with E-state index in [-0.39, 0.29) is 19.1 Å². The van der Waals surface area contributed by atoms with E-state index >= 15 is 0 Å². The second kappa shape index (κ2) is 6.93. The third-order valence-corrected chi connectivity index (χ3v) is 5.35. The summed E-state index contributed by atoms with van der Waals surface area (Å²) in [4.78, 5) is 25.8. The molecule has 1 saturated heterocycles. The molecular formula is C19H25NO4. The summed E-state index contributed by atoms with van der Waals surface area (Å²) in [6, 6.07) is 6.34. The molecule has 2 aliphatic rings. The lowest BCUT2D eigenvalue weighted by Gasteiger charge is -2.24. The molecule has 1 atom stereocenters. The number of carbonyl (C=O) groups is 2. The Kier molecular flexibility index (Phi) is 4.90. The monoisotopic (exact) mass is 331 g/mol. The zero-order valence-electron chi connectivity index (χ0n) is 14.2. The van der Waals surface area contributed by atoms with Crippen molar-refractivity contribution in [3.8, 4) is 0 Å². The molecule has 0 saturated carbocycles. The second-order valence-electron chi connectivity index (χ2n) is 7.07. The highest BCUT2D eigenvalue weighted by molar-refractivity contribution is 5.82. The van der Waals surface area contributed by atoms with Gasteiger partial charge in [0, 0.05) is 20.2 Å². The molecule has 1 fully saturated rings. The first kappa shape index (κ1) is 17.0. The summed E-state index contributed by atoms with van der Waals surface area (Å²) in [5, 5.41) is 9.50. The molecule has 5 nitrogen and oxygen atoms in total. The smallest absolute Gasteiger partial charge is 0.313 e. The lowest BCUT2D eigenvalue weighted by molar-refractivity contribution is -0.151. The highest BCUT2D eigenvalue weighted by atomic mass is 16.5. The maximum absolute atomic E-state index is 12.6. The van der Waals surface area contributed by atoms with E-state index in [2.05, 4.69) is 12.1 Å². The Bertz CT molecular complexity index is 642. The maximum Gasteiger partial charge on any atom is 0.313 e. The van der Waals surface area contributed by atoms with Crippen LogP contribution in [0.3, 0.4) is 0 Å². The van der Waals surface area contributed by atoms with Gasteiger partial charge in [-0.2, -0.15) is 0 Å². The number of nitrogens with zero attached hydrogens (tertiary/aromatic N) is 1. The standard InChI is InChI=1S/C19H25NO4/c1-24-13-19(18(22)23)8-9-20(12-19)17(21)11-14-6-7-15-4-2-3-5-16(15)10-14/h6-7,10H,2-5,8-9,11-13H2,1H3,(H,22,23). The molecule has 0 radical (unpaired) electrons. The van der Waals surface area contributed by atoms with Gasteiger partial charge in [0.25, 0.3) is 0 Å². The molecular weight excluding hydrogens is 306 g/mol. The van der Waals surface area contributed by atoms with Crippen LogP contribution in [0.25, 0.3) is 0 Å². The van der Waals surface area contributed by atoms with Crippen LogP contribution in [0.2, 0.25) is 0 Å². The number of amides is 1. The van der Waals surface area contributed by atoms with Gasteiger partial charge in [-0.3, -0.25) is 9.59 Å². The van der Waals surface area contributed by atoms with E-state index in [9.17, 15) is 14.7 Å². The van der Waals surface area contributed by atoms with E-state index in [1.54, 1.807) is 4.90 Å². The zero-order valence-corrected chi connectivity index (χ0v) is 14.2. The molecule has 1 amide bonds. The normalized spacial score (nSPS) is 23.1. The number of hydrogen-bond donors (Lipinski definition) is 1. The molecule has 1 aromatic carbocycles. The van der Waals surface area contributed by atoms with Crippen LogP contribution in [-0.4, -0.2) is 48.7 Å². The molecule has 1 aliphatic carbocycles. The van der Waals surface area contributed by atoms with Crippen LogP contribution in [0, 0.1) is 5.41 Å². The van der Waals surface area contributed by atoms with Crippen LogP contribution in [0.4, 0.5) is 0 Å². The second-order valence-corrected chi connectivity index (χ2v) is 7.07. The molecule has 0 spiro atoms. The van der Waals surface area contributed by atoms with Crippen molar-refractivity contribution in [1.82, 2.24) is 4.90 Å². The number of hydrogen-bond acceptors (Lipinski definition) is 3. The van der Waals surface area contributed by atoms with E-state index in [4.69, 9.17) is 4.74 Å². The Labute approximate surface area is 142 Å². The van der Waals surface area contributed by atoms with Gasteiger partial charge in [0.1, 0.15) is 5.41 Å². The van der Waals surface area contributed by atoms with Crippen molar-refractivity contribution >= 4 is 11.9 Å². The summed E-state index contributed by atoms with van der Waals surface area (Å²) < 4.78 is 5.08. The van der Waals surface area contributed by atoms with Gasteiger partial charge in [-0.05, 0) is 48.8 Å². The molecule has 1 aliphatic heterocycles. The molecule has 1 heterocycles.